The lowest BCUT2D eigenvalue weighted by molar-refractivity contribution is 0.257. The molecule has 0 radical (unpaired) electrons. The van der Waals surface area contributed by atoms with E-state index < -0.39 is 0 Å². The quantitative estimate of drug-likeness (QED) is 0.516. The zero-order valence-corrected chi connectivity index (χ0v) is 14.9. The second-order valence-electron chi connectivity index (χ2n) is 6.19. The van der Waals surface area contributed by atoms with Gasteiger partial charge < -0.3 is 0 Å². The lowest BCUT2D eigenvalue weighted by atomic mass is 9.77. The number of hydrogen-bond acceptors (Lipinski definition) is 1. The smallest absolute Gasteiger partial charge is 0.0434 e. The molecule has 1 fully saturated rings. The van der Waals surface area contributed by atoms with Crippen molar-refractivity contribution in [3.63, 3.8) is 0 Å². The van der Waals surface area contributed by atoms with E-state index in [9.17, 15) is 0 Å². The Morgan fingerprint density at radius 3 is 2.47 bits per heavy atom. The molecule has 1 aliphatic carbocycles. The monoisotopic (exact) mass is 342 g/mol. The molecule has 0 saturated heterocycles. The number of thiophene rings is 1. The minimum absolute atomic E-state index is 0.588. The Labute approximate surface area is 131 Å². The van der Waals surface area contributed by atoms with Gasteiger partial charge in [0.05, 0.1) is 0 Å². The molecule has 1 heterocycles. The van der Waals surface area contributed by atoms with E-state index in [-0.39, 0.29) is 0 Å². The lowest BCUT2D eigenvalue weighted by Crippen LogP contribution is -2.18. The van der Waals surface area contributed by atoms with Gasteiger partial charge in [-0.15, -0.1) is 11.3 Å². The summed E-state index contributed by atoms with van der Waals surface area (Å²) in [5.41, 5.74) is 1.56. The lowest BCUT2D eigenvalue weighted by Gasteiger charge is -2.31. The Hall–Kier alpha value is 0.180. The van der Waals surface area contributed by atoms with Crippen molar-refractivity contribution in [3.05, 3.63) is 21.4 Å². The number of rotatable bonds is 5. The van der Waals surface area contributed by atoms with E-state index in [1.165, 1.54) is 54.7 Å². The van der Waals surface area contributed by atoms with Gasteiger partial charge in [-0.2, -0.15) is 0 Å². The molecule has 0 amide bonds. The molecule has 0 nitrogen and oxygen atoms in total. The topological polar surface area (TPSA) is 0 Å². The van der Waals surface area contributed by atoms with Crippen molar-refractivity contribution in [3.8, 4) is 0 Å². The van der Waals surface area contributed by atoms with Gasteiger partial charge in [0.15, 0.2) is 0 Å². The number of unbranched alkanes of at least 4 members (excludes halogenated alkanes) is 1. The van der Waals surface area contributed by atoms with Crippen LogP contribution in [0.15, 0.2) is 6.07 Å². The van der Waals surface area contributed by atoms with Crippen LogP contribution in [-0.4, -0.2) is 0 Å². The van der Waals surface area contributed by atoms with Crippen LogP contribution < -0.4 is 0 Å². The van der Waals surface area contributed by atoms with E-state index in [1.807, 2.05) is 11.3 Å². The fourth-order valence-electron chi connectivity index (χ4n) is 3.44. The van der Waals surface area contributed by atoms with Crippen molar-refractivity contribution in [2.24, 2.45) is 11.8 Å². The molecule has 2 heteroatoms. The van der Waals surface area contributed by atoms with Crippen LogP contribution in [0.25, 0.3) is 0 Å². The summed E-state index contributed by atoms with van der Waals surface area (Å²) in [7, 11) is 0. The van der Waals surface area contributed by atoms with Gasteiger partial charge in [-0.25, -0.2) is 0 Å². The van der Waals surface area contributed by atoms with E-state index in [2.05, 4.69) is 42.8 Å². The van der Waals surface area contributed by atoms with Crippen LogP contribution >= 0.6 is 27.3 Å². The molecule has 19 heavy (non-hydrogen) atoms. The molecule has 0 N–H and O–H groups in total. The van der Waals surface area contributed by atoms with Crippen LogP contribution in [0.1, 0.15) is 72.0 Å². The van der Waals surface area contributed by atoms with Crippen LogP contribution in [-0.2, 0) is 0 Å². The van der Waals surface area contributed by atoms with Crippen LogP contribution in [0.2, 0.25) is 0 Å². The van der Waals surface area contributed by atoms with Crippen LogP contribution in [0.4, 0.5) is 0 Å². The van der Waals surface area contributed by atoms with Crippen LogP contribution in [0.3, 0.4) is 0 Å². The maximum atomic E-state index is 3.99. The summed E-state index contributed by atoms with van der Waals surface area (Å²) in [5.74, 6) is 1.87. The minimum Gasteiger partial charge on any atom is -0.146 e. The normalized spacial score (nSPS) is 25.5. The molecule has 2 rings (SSSR count). The standard InChI is InChI=1S/C17H27BrS/c1-4-5-6-14-7-9-15(10-8-14)17(18)16-11-12(2)19-13(16)3/h11,14-15,17H,4-10H2,1-3H3. The molecule has 1 atom stereocenters. The SMILES string of the molecule is CCCCC1CCC(C(Br)c2cc(C)sc2C)CC1. The van der Waals surface area contributed by atoms with Gasteiger partial charge in [0, 0.05) is 14.6 Å². The fourth-order valence-corrected chi connectivity index (χ4v) is 5.57. The molecule has 0 bridgehead atoms. The van der Waals surface area contributed by atoms with E-state index in [0.717, 1.165) is 11.8 Å². The molecule has 1 aromatic rings. The molecule has 0 aromatic carbocycles. The van der Waals surface area contributed by atoms with Crippen molar-refractivity contribution in [2.45, 2.75) is 70.5 Å². The highest BCUT2D eigenvalue weighted by Gasteiger charge is 2.28. The van der Waals surface area contributed by atoms with E-state index in [0.29, 0.717) is 4.83 Å². The predicted molar refractivity (Wildman–Crippen MR) is 90.4 cm³/mol. The zero-order chi connectivity index (χ0) is 13.8. The van der Waals surface area contributed by atoms with Gasteiger partial charge in [-0.05, 0) is 50.2 Å². The second kappa shape index (κ2) is 7.26. The van der Waals surface area contributed by atoms with Crippen molar-refractivity contribution in [1.82, 2.24) is 0 Å². The third kappa shape index (κ3) is 4.07. The highest BCUT2D eigenvalue weighted by Crippen LogP contribution is 2.44. The average molecular weight is 343 g/mol. The van der Waals surface area contributed by atoms with Crippen molar-refractivity contribution < 1.29 is 0 Å². The Kier molecular flexibility index (Phi) is 5.95. The maximum Gasteiger partial charge on any atom is 0.0434 e. The molecule has 1 unspecified atom stereocenters. The van der Waals surface area contributed by atoms with E-state index >= 15 is 0 Å². The largest absolute Gasteiger partial charge is 0.146 e. The highest BCUT2D eigenvalue weighted by molar-refractivity contribution is 9.09. The molecule has 108 valence electrons. The minimum atomic E-state index is 0.588. The first-order valence-electron chi connectivity index (χ1n) is 7.82. The summed E-state index contributed by atoms with van der Waals surface area (Å²) in [6.45, 7) is 6.80. The first kappa shape index (κ1) is 15.6. The van der Waals surface area contributed by atoms with Gasteiger partial charge in [0.25, 0.3) is 0 Å². The van der Waals surface area contributed by atoms with Crippen molar-refractivity contribution in [2.75, 3.05) is 0 Å². The van der Waals surface area contributed by atoms with Crippen LogP contribution in [0.5, 0.6) is 0 Å². The molecule has 1 aliphatic rings. The number of aryl methyl sites for hydroxylation is 2. The van der Waals surface area contributed by atoms with E-state index in [1.54, 1.807) is 5.56 Å². The Morgan fingerprint density at radius 2 is 1.95 bits per heavy atom. The summed E-state index contributed by atoms with van der Waals surface area (Å²) >= 11 is 5.93. The molecule has 0 spiro atoms. The summed E-state index contributed by atoms with van der Waals surface area (Å²) in [6.07, 6.45) is 9.98. The van der Waals surface area contributed by atoms with Gasteiger partial charge in [0.1, 0.15) is 0 Å². The van der Waals surface area contributed by atoms with Gasteiger partial charge in [-0.3, -0.25) is 0 Å². The first-order chi connectivity index (χ1) is 9.11. The Morgan fingerprint density at radius 1 is 1.26 bits per heavy atom. The van der Waals surface area contributed by atoms with E-state index in [4.69, 9.17) is 0 Å². The fraction of sp³-hybridized carbons (Fsp3) is 0.765. The zero-order valence-electron chi connectivity index (χ0n) is 12.5. The molecular formula is C17H27BrS. The third-order valence-electron chi connectivity index (χ3n) is 4.65. The van der Waals surface area contributed by atoms with Gasteiger partial charge in [-0.1, -0.05) is 55.0 Å². The van der Waals surface area contributed by atoms with Gasteiger partial charge in [0.2, 0.25) is 0 Å². The Balaban J connectivity index is 1.89. The summed E-state index contributed by atoms with van der Waals surface area (Å²) in [5, 5.41) is 0. The first-order valence-corrected chi connectivity index (χ1v) is 9.56. The van der Waals surface area contributed by atoms with Crippen LogP contribution in [0, 0.1) is 25.7 Å². The molecule has 0 aliphatic heterocycles. The number of halogens is 1. The number of hydrogen-bond donors (Lipinski definition) is 0. The molecular weight excluding hydrogens is 316 g/mol. The average Bonchev–Trinajstić information content (AvgIpc) is 2.75. The van der Waals surface area contributed by atoms with Gasteiger partial charge >= 0.3 is 0 Å². The third-order valence-corrected chi connectivity index (χ3v) is 6.87. The Bertz CT molecular complexity index is 388. The summed E-state index contributed by atoms with van der Waals surface area (Å²) < 4.78 is 0. The second-order valence-corrected chi connectivity index (χ2v) is 8.64. The van der Waals surface area contributed by atoms with Crippen molar-refractivity contribution >= 4 is 27.3 Å². The molecule has 1 aromatic heterocycles. The van der Waals surface area contributed by atoms with Crippen molar-refractivity contribution in [1.29, 1.82) is 0 Å². The maximum absolute atomic E-state index is 3.99. The molecule has 1 saturated carbocycles. The number of alkyl halides is 1. The summed E-state index contributed by atoms with van der Waals surface area (Å²) in [4.78, 5) is 3.55. The summed E-state index contributed by atoms with van der Waals surface area (Å²) in [6, 6.07) is 2.39. The predicted octanol–water partition coefficient (Wildman–Crippen LogP) is 6.80. The highest BCUT2D eigenvalue weighted by atomic mass is 79.9.